The van der Waals surface area contributed by atoms with Crippen molar-refractivity contribution < 1.29 is 19.1 Å². The highest BCUT2D eigenvalue weighted by atomic mass is 16.5. The number of carbonyl (C=O) groups is 2. The molecule has 1 N–H and O–H groups in total. The molecule has 0 unspecified atom stereocenters. The van der Waals surface area contributed by atoms with Crippen molar-refractivity contribution >= 4 is 23.3 Å². The molecule has 1 fully saturated rings. The van der Waals surface area contributed by atoms with Crippen molar-refractivity contribution in [3.05, 3.63) is 42.1 Å². The van der Waals surface area contributed by atoms with Crippen molar-refractivity contribution in [3.63, 3.8) is 0 Å². The van der Waals surface area contributed by atoms with Crippen LogP contribution in [0.5, 0.6) is 11.5 Å². The number of piperazine rings is 1. The molecule has 8 nitrogen and oxygen atoms in total. The van der Waals surface area contributed by atoms with Gasteiger partial charge in [-0.1, -0.05) is 0 Å². The molecule has 148 valence electrons. The number of carbonyl (C=O) groups excluding carboxylic acids is 2. The van der Waals surface area contributed by atoms with Gasteiger partial charge in [0.25, 0.3) is 5.91 Å². The first-order valence-corrected chi connectivity index (χ1v) is 9.01. The van der Waals surface area contributed by atoms with Gasteiger partial charge in [0.2, 0.25) is 5.91 Å². The molecule has 0 spiro atoms. The first-order valence-electron chi connectivity index (χ1n) is 9.01. The largest absolute Gasteiger partial charge is 0.497 e. The van der Waals surface area contributed by atoms with Gasteiger partial charge in [-0.25, -0.2) is 4.98 Å². The van der Waals surface area contributed by atoms with Crippen LogP contribution in [-0.2, 0) is 4.79 Å². The molecule has 2 aromatic rings. The van der Waals surface area contributed by atoms with Crippen LogP contribution < -0.4 is 19.7 Å². The van der Waals surface area contributed by atoms with E-state index >= 15 is 0 Å². The average Bonchev–Trinajstić information content (AvgIpc) is 2.73. The second-order valence-corrected chi connectivity index (χ2v) is 6.45. The Kier molecular flexibility index (Phi) is 5.98. The lowest BCUT2D eigenvalue weighted by Gasteiger charge is -2.34. The second kappa shape index (κ2) is 8.60. The van der Waals surface area contributed by atoms with Crippen molar-refractivity contribution in [2.24, 2.45) is 0 Å². The maximum Gasteiger partial charge on any atom is 0.255 e. The number of ether oxygens (including phenoxy) is 2. The third kappa shape index (κ3) is 4.51. The van der Waals surface area contributed by atoms with E-state index in [9.17, 15) is 9.59 Å². The van der Waals surface area contributed by atoms with Crippen LogP contribution >= 0.6 is 0 Å². The lowest BCUT2D eigenvalue weighted by Crippen LogP contribution is -2.48. The molecule has 1 saturated heterocycles. The molecule has 3 rings (SSSR count). The van der Waals surface area contributed by atoms with Gasteiger partial charge in [0.15, 0.2) is 0 Å². The molecule has 2 amide bonds. The number of nitrogens with one attached hydrogen (secondary N) is 1. The van der Waals surface area contributed by atoms with E-state index in [-0.39, 0.29) is 11.8 Å². The van der Waals surface area contributed by atoms with Gasteiger partial charge < -0.3 is 24.6 Å². The van der Waals surface area contributed by atoms with Crippen molar-refractivity contribution in [3.8, 4) is 11.5 Å². The van der Waals surface area contributed by atoms with Crippen LogP contribution in [-0.4, -0.2) is 62.1 Å². The minimum absolute atomic E-state index is 0.0971. The summed E-state index contributed by atoms with van der Waals surface area (Å²) in [5.41, 5.74) is 1.03. The number of anilines is 2. The van der Waals surface area contributed by atoms with Gasteiger partial charge >= 0.3 is 0 Å². The standard InChI is InChI=1S/C20H24N4O4/c1-14(25)23-6-8-24(9-7-23)19-5-4-16(13-21-19)22-20(26)15-10-17(27-2)12-18(11-15)28-3/h4-5,10-13H,6-9H2,1-3H3,(H,22,26). The van der Waals surface area contributed by atoms with E-state index in [2.05, 4.69) is 15.2 Å². The molecule has 0 saturated carbocycles. The van der Waals surface area contributed by atoms with Gasteiger partial charge in [0, 0.05) is 44.7 Å². The minimum Gasteiger partial charge on any atom is -0.497 e. The highest BCUT2D eigenvalue weighted by Gasteiger charge is 2.19. The van der Waals surface area contributed by atoms with E-state index < -0.39 is 0 Å². The zero-order chi connectivity index (χ0) is 20.1. The van der Waals surface area contributed by atoms with E-state index in [1.54, 1.807) is 31.3 Å². The number of rotatable bonds is 5. The second-order valence-electron chi connectivity index (χ2n) is 6.45. The molecule has 0 aliphatic carbocycles. The van der Waals surface area contributed by atoms with E-state index in [0.717, 1.165) is 18.9 Å². The molecule has 2 heterocycles. The average molecular weight is 384 g/mol. The number of benzene rings is 1. The predicted octanol–water partition coefficient (Wildman–Crippen LogP) is 2.02. The third-order valence-electron chi connectivity index (χ3n) is 4.67. The van der Waals surface area contributed by atoms with Gasteiger partial charge in [0.1, 0.15) is 17.3 Å². The highest BCUT2D eigenvalue weighted by Crippen LogP contribution is 2.23. The summed E-state index contributed by atoms with van der Waals surface area (Å²) in [6, 6.07) is 8.68. The molecule has 0 bridgehead atoms. The molecule has 28 heavy (non-hydrogen) atoms. The Morgan fingerprint density at radius 2 is 1.64 bits per heavy atom. The molecule has 1 aliphatic heterocycles. The lowest BCUT2D eigenvalue weighted by atomic mass is 10.2. The first-order chi connectivity index (χ1) is 13.5. The molecular weight excluding hydrogens is 360 g/mol. The number of amides is 2. The highest BCUT2D eigenvalue weighted by molar-refractivity contribution is 6.04. The fourth-order valence-electron chi connectivity index (χ4n) is 3.04. The Bertz CT molecular complexity index is 824. The Labute approximate surface area is 164 Å². The summed E-state index contributed by atoms with van der Waals surface area (Å²) in [7, 11) is 3.07. The summed E-state index contributed by atoms with van der Waals surface area (Å²) in [5.74, 6) is 1.73. The normalized spacial score (nSPS) is 13.8. The molecule has 1 aromatic heterocycles. The molecule has 1 aliphatic rings. The Hall–Kier alpha value is -3.29. The van der Waals surface area contributed by atoms with E-state index in [0.29, 0.717) is 35.8 Å². The maximum atomic E-state index is 12.5. The maximum absolute atomic E-state index is 12.5. The van der Waals surface area contributed by atoms with Gasteiger partial charge in [-0.15, -0.1) is 0 Å². The topological polar surface area (TPSA) is 84.0 Å². The first kappa shape index (κ1) is 19.5. The summed E-state index contributed by atoms with van der Waals surface area (Å²) in [6.45, 7) is 4.44. The van der Waals surface area contributed by atoms with Crippen molar-refractivity contribution in [1.29, 1.82) is 0 Å². The van der Waals surface area contributed by atoms with Crippen LogP contribution in [0.2, 0.25) is 0 Å². The monoisotopic (exact) mass is 384 g/mol. The van der Waals surface area contributed by atoms with Crippen LogP contribution in [0.4, 0.5) is 11.5 Å². The minimum atomic E-state index is -0.276. The fourth-order valence-corrected chi connectivity index (χ4v) is 3.04. The Balaban J connectivity index is 1.64. The van der Waals surface area contributed by atoms with Crippen LogP contribution in [0.3, 0.4) is 0 Å². The fraction of sp³-hybridized carbons (Fsp3) is 0.350. The summed E-state index contributed by atoms with van der Waals surface area (Å²) in [4.78, 5) is 32.4. The molecule has 8 heteroatoms. The van der Waals surface area contributed by atoms with Gasteiger partial charge in [-0.3, -0.25) is 9.59 Å². The zero-order valence-corrected chi connectivity index (χ0v) is 16.3. The van der Waals surface area contributed by atoms with Crippen molar-refractivity contribution in [1.82, 2.24) is 9.88 Å². The van der Waals surface area contributed by atoms with Crippen LogP contribution in [0.15, 0.2) is 36.5 Å². The number of pyridine rings is 1. The SMILES string of the molecule is COc1cc(OC)cc(C(=O)Nc2ccc(N3CCN(C(C)=O)CC3)nc2)c1. The smallest absolute Gasteiger partial charge is 0.255 e. The summed E-state index contributed by atoms with van der Waals surface area (Å²) in [6.07, 6.45) is 1.63. The van der Waals surface area contributed by atoms with Crippen LogP contribution in [0, 0.1) is 0 Å². The van der Waals surface area contributed by atoms with Crippen LogP contribution in [0.25, 0.3) is 0 Å². The lowest BCUT2D eigenvalue weighted by molar-refractivity contribution is -0.129. The molecule has 1 aromatic carbocycles. The molecular formula is C20H24N4O4. The van der Waals surface area contributed by atoms with Gasteiger partial charge in [-0.2, -0.15) is 0 Å². The van der Waals surface area contributed by atoms with E-state index in [1.807, 2.05) is 17.0 Å². The van der Waals surface area contributed by atoms with Crippen molar-refractivity contribution in [2.45, 2.75) is 6.92 Å². The number of hydrogen-bond donors (Lipinski definition) is 1. The zero-order valence-electron chi connectivity index (χ0n) is 16.3. The van der Waals surface area contributed by atoms with Gasteiger partial charge in [-0.05, 0) is 24.3 Å². The number of nitrogens with zero attached hydrogens (tertiary/aromatic N) is 3. The predicted molar refractivity (Wildman–Crippen MR) is 106 cm³/mol. The molecule has 0 atom stereocenters. The molecule has 0 radical (unpaired) electrons. The van der Waals surface area contributed by atoms with E-state index in [4.69, 9.17) is 9.47 Å². The Morgan fingerprint density at radius 1 is 1.00 bits per heavy atom. The Morgan fingerprint density at radius 3 is 2.14 bits per heavy atom. The summed E-state index contributed by atoms with van der Waals surface area (Å²) in [5, 5.41) is 2.83. The van der Waals surface area contributed by atoms with Crippen LogP contribution in [0.1, 0.15) is 17.3 Å². The summed E-state index contributed by atoms with van der Waals surface area (Å²) < 4.78 is 10.4. The summed E-state index contributed by atoms with van der Waals surface area (Å²) >= 11 is 0. The number of methoxy groups -OCH3 is 2. The van der Waals surface area contributed by atoms with E-state index in [1.165, 1.54) is 14.2 Å². The van der Waals surface area contributed by atoms with Gasteiger partial charge in [0.05, 0.1) is 26.1 Å². The number of hydrogen-bond acceptors (Lipinski definition) is 6. The number of aromatic nitrogens is 1. The van der Waals surface area contributed by atoms with Crippen molar-refractivity contribution in [2.75, 3.05) is 50.6 Å². The third-order valence-corrected chi connectivity index (χ3v) is 4.67. The quantitative estimate of drug-likeness (QED) is 0.849.